The number of hydrogen-bond acceptors (Lipinski definition) is 4. The van der Waals surface area contributed by atoms with E-state index in [-0.39, 0.29) is 22.8 Å². The molecule has 0 aliphatic heterocycles. The molecular formula is C19H20CuN5O3+3. The largest absolute Gasteiger partial charge is 2.00 e. The molecule has 5 N–H and O–H groups in total. The minimum Gasteiger partial charge on any atom is -0.590 e. The van der Waals surface area contributed by atoms with Crippen LogP contribution in [0.5, 0.6) is 11.5 Å². The number of nitrogens with two attached hydrogens (primary N) is 1. The van der Waals surface area contributed by atoms with Gasteiger partial charge in [0.1, 0.15) is 0 Å². The fraction of sp³-hybridized carbons (Fsp3) is 0.0526. The van der Waals surface area contributed by atoms with Crippen molar-refractivity contribution in [2.45, 2.75) is 0 Å². The number of para-hydroxylation sites is 1. The summed E-state index contributed by atoms with van der Waals surface area (Å²) in [5.41, 5.74) is 10.4. The number of aromatic nitrogens is 2. The summed E-state index contributed by atoms with van der Waals surface area (Å²) in [6, 6.07) is 16.0. The van der Waals surface area contributed by atoms with E-state index in [1.54, 1.807) is 30.6 Å². The molecule has 0 spiro atoms. The Balaban J connectivity index is 0.000000275. The summed E-state index contributed by atoms with van der Waals surface area (Å²) in [6.45, 7) is 0. The molecule has 147 valence electrons. The first-order chi connectivity index (χ1) is 13.1. The van der Waals surface area contributed by atoms with Crippen LogP contribution in [0.4, 0.5) is 0 Å². The molecule has 0 saturated heterocycles. The van der Waals surface area contributed by atoms with Crippen LogP contribution >= 0.6 is 0 Å². The number of rotatable bonds is 4. The Morgan fingerprint density at radius 2 is 1.68 bits per heavy atom. The Morgan fingerprint density at radius 1 is 1.07 bits per heavy atom. The van der Waals surface area contributed by atoms with E-state index in [4.69, 9.17) is 20.4 Å². The molecule has 0 fully saturated rings. The maximum Gasteiger partial charge on any atom is 2.00 e. The second-order valence-electron chi connectivity index (χ2n) is 5.06. The van der Waals surface area contributed by atoms with Crippen LogP contribution in [0.2, 0.25) is 0 Å². The third-order valence-corrected chi connectivity index (χ3v) is 3.23. The number of carbonyl (C=O) groups excluding carboxylic acids is 1. The molecule has 0 saturated carbocycles. The quantitative estimate of drug-likeness (QED) is 0.295. The topological polar surface area (TPSA) is 132 Å². The molecule has 0 bridgehead atoms. The molecule has 8 nitrogen and oxygen atoms in total. The number of methoxy groups -OCH3 is 1. The molecule has 2 heterocycles. The summed E-state index contributed by atoms with van der Waals surface area (Å²) in [4.78, 5) is 16.9. The summed E-state index contributed by atoms with van der Waals surface area (Å²) in [5.74, 6) is 0.648. The number of pyridine rings is 2. The first-order valence-corrected chi connectivity index (χ1v) is 7.88. The van der Waals surface area contributed by atoms with Crippen LogP contribution in [-0.2, 0) is 17.1 Å². The van der Waals surface area contributed by atoms with Crippen molar-refractivity contribution >= 4 is 12.2 Å². The Kier molecular flexibility index (Phi) is 9.74. The standard InChI is InChI=1S/C10H8N2.C9H11N3O3.Cu/c1-3-7-11-9(5-1)10-6-2-4-8-12-10;1-15-7-4-2-3-6(8(7)13)5-11-12-9(10)14;/h1-8H;2-5H,1H3,(H4,10,11,12,13,14);/q;;+2/p+1. The zero-order valence-electron chi connectivity index (χ0n) is 15.0. The number of urea groups is 1. The third kappa shape index (κ3) is 7.06. The first-order valence-electron chi connectivity index (χ1n) is 7.88. The molecule has 9 heteroatoms. The molecule has 1 radical (unpaired) electrons. The van der Waals surface area contributed by atoms with Gasteiger partial charge < -0.3 is 15.6 Å². The molecule has 0 unspecified atom stereocenters. The summed E-state index contributed by atoms with van der Waals surface area (Å²) in [7, 11) is 1.48. The number of benzene rings is 1. The summed E-state index contributed by atoms with van der Waals surface area (Å²) < 4.78 is 4.95. The monoisotopic (exact) mass is 429 g/mol. The van der Waals surface area contributed by atoms with E-state index in [1.807, 2.05) is 36.4 Å². The van der Waals surface area contributed by atoms with Gasteiger partial charge >= 0.3 is 28.8 Å². The number of amides is 2. The normalized spacial score (nSPS) is 9.61. The van der Waals surface area contributed by atoms with E-state index in [9.17, 15) is 0 Å². The molecule has 2 amide bonds. The smallest absolute Gasteiger partial charge is 0.590 e. The Hall–Kier alpha value is -3.42. The maximum absolute atomic E-state index is 8.54. The molecule has 0 aliphatic rings. The van der Waals surface area contributed by atoms with Gasteiger partial charge in [0.15, 0.2) is 0 Å². The van der Waals surface area contributed by atoms with E-state index in [1.165, 1.54) is 13.3 Å². The van der Waals surface area contributed by atoms with Crippen molar-refractivity contribution in [1.82, 2.24) is 9.97 Å². The second-order valence-corrected chi connectivity index (χ2v) is 5.06. The number of hydrogen-bond donors (Lipinski definition) is 1. The van der Waals surface area contributed by atoms with E-state index >= 15 is 0 Å². The van der Waals surface area contributed by atoms with Gasteiger partial charge in [-0.05, 0) is 36.4 Å². The Morgan fingerprint density at radius 3 is 2.14 bits per heavy atom. The SMILES string of the molecule is COc1cccc(C=N[N-]C(N)=[OH+])c1[OH2+].[Cu+2].c1ccc(-c2ccccn2)nc1. The Labute approximate surface area is 173 Å². The van der Waals surface area contributed by atoms with Gasteiger partial charge in [-0.15, -0.1) is 0 Å². The average molecular weight is 430 g/mol. The molecule has 3 aromatic rings. The van der Waals surface area contributed by atoms with Crippen LogP contribution in [-0.4, -0.2) is 39.2 Å². The van der Waals surface area contributed by atoms with Gasteiger partial charge in [-0.1, -0.05) is 18.2 Å². The average Bonchev–Trinajstić information content (AvgIpc) is 2.71. The van der Waals surface area contributed by atoms with Gasteiger partial charge in [-0.25, -0.2) is 0 Å². The van der Waals surface area contributed by atoms with E-state index in [0.717, 1.165) is 11.4 Å². The van der Waals surface area contributed by atoms with Crippen molar-refractivity contribution in [3.05, 3.63) is 78.0 Å². The zero-order valence-corrected chi connectivity index (χ0v) is 15.9. The molecule has 0 aliphatic carbocycles. The van der Waals surface area contributed by atoms with Crippen LogP contribution in [0.15, 0.2) is 72.1 Å². The van der Waals surface area contributed by atoms with Crippen LogP contribution in [0.25, 0.3) is 16.8 Å². The van der Waals surface area contributed by atoms with Gasteiger partial charge in [0.2, 0.25) is 5.75 Å². The predicted molar refractivity (Wildman–Crippen MR) is 106 cm³/mol. The van der Waals surface area contributed by atoms with Crippen molar-refractivity contribution < 1.29 is 31.7 Å². The van der Waals surface area contributed by atoms with Gasteiger partial charge in [0.25, 0.3) is 0 Å². The second kappa shape index (κ2) is 12.1. The number of primary amides is 1. The number of nitrogens with zero attached hydrogens (tertiary/aromatic N) is 4. The fourth-order valence-electron chi connectivity index (χ4n) is 2.00. The fourth-order valence-corrected chi connectivity index (χ4v) is 2.00. The van der Waals surface area contributed by atoms with Gasteiger partial charge in [0.05, 0.1) is 24.1 Å². The van der Waals surface area contributed by atoms with Crippen molar-refractivity contribution in [1.29, 1.82) is 0 Å². The predicted octanol–water partition coefficient (Wildman–Crippen LogP) is 2.40. The third-order valence-electron chi connectivity index (χ3n) is 3.23. The Bertz CT molecular complexity index is 855. The first kappa shape index (κ1) is 22.6. The van der Waals surface area contributed by atoms with E-state index < -0.39 is 6.03 Å². The van der Waals surface area contributed by atoms with E-state index in [0.29, 0.717) is 11.3 Å². The van der Waals surface area contributed by atoms with Crippen LogP contribution in [0, 0.1) is 0 Å². The van der Waals surface area contributed by atoms with Crippen LogP contribution < -0.4 is 10.5 Å². The molecular weight excluding hydrogens is 410 g/mol. The number of ether oxygens (including phenoxy) is 1. The molecule has 3 rings (SSSR count). The van der Waals surface area contributed by atoms with Crippen LogP contribution in [0.1, 0.15) is 5.56 Å². The minimum absolute atomic E-state index is 0. The summed E-state index contributed by atoms with van der Waals surface area (Å²) in [6.07, 6.45) is 4.85. The maximum atomic E-state index is 8.54. The van der Waals surface area contributed by atoms with Crippen molar-refractivity contribution in [3.63, 3.8) is 0 Å². The minimum atomic E-state index is -0.624. The van der Waals surface area contributed by atoms with Gasteiger partial charge in [-0.2, -0.15) is 0 Å². The van der Waals surface area contributed by atoms with Crippen LogP contribution in [0.3, 0.4) is 0 Å². The van der Waals surface area contributed by atoms with Gasteiger partial charge in [-0.3, -0.25) is 25.3 Å². The van der Waals surface area contributed by atoms with Crippen molar-refractivity contribution in [2.24, 2.45) is 10.8 Å². The molecule has 2 aromatic heterocycles. The van der Waals surface area contributed by atoms with Crippen molar-refractivity contribution in [3.8, 4) is 22.9 Å². The zero-order chi connectivity index (χ0) is 19.5. The van der Waals surface area contributed by atoms with Gasteiger partial charge in [0, 0.05) is 18.6 Å². The van der Waals surface area contributed by atoms with Crippen molar-refractivity contribution in [2.75, 3.05) is 7.11 Å². The summed E-state index contributed by atoms with van der Waals surface area (Å²) >= 11 is 0. The molecule has 28 heavy (non-hydrogen) atoms. The molecule has 1 aromatic carbocycles. The molecule has 0 atom stereocenters. The summed E-state index contributed by atoms with van der Waals surface area (Å²) in [5, 5.41) is 11.2. The van der Waals surface area contributed by atoms with E-state index in [2.05, 4.69) is 20.5 Å².